The fourth-order valence-corrected chi connectivity index (χ4v) is 4.02. The van der Waals surface area contributed by atoms with Gasteiger partial charge in [-0.05, 0) is 55.5 Å². The van der Waals surface area contributed by atoms with Crippen LogP contribution in [0.25, 0.3) is 10.2 Å². The van der Waals surface area contributed by atoms with Crippen LogP contribution in [0.4, 0.5) is 9.52 Å². The van der Waals surface area contributed by atoms with Crippen LogP contribution in [0.2, 0.25) is 0 Å². The van der Waals surface area contributed by atoms with Crippen molar-refractivity contribution in [1.82, 2.24) is 14.8 Å². The van der Waals surface area contributed by atoms with Crippen molar-refractivity contribution in [2.75, 3.05) is 24.7 Å². The summed E-state index contributed by atoms with van der Waals surface area (Å²) in [5.41, 5.74) is 0.644. The summed E-state index contributed by atoms with van der Waals surface area (Å²) >= 11 is 1.27. The van der Waals surface area contributed by atoms with Crippen LogP contribution < -0.4 is 14.4 Å². The highest BCUT2D eigenvalue weighted by Crippen LogP contribution is 2.29. The zero-order valence-corrected chi connectivity index (χ0v) is 17.7. The first-order valence-electron chi connectivity index (χ1n) is 9.82. The number of carbonyl (C=O) groups is 1. The van der Waals surface area contributed by atoms with E-state index in [0.717, 1.165) is 5.75 Å². The highest BCUT2D eigenvalue weighted by Gasteiger charge is 2.21. The summed E-state index contributed by atoms with van der Waals surface area (Å²) in [6, 6.07) is 13.3. The Morgan fingerprint density at radius 3 is 2.65 bits per heavy atom. The van der Waals surface area contributed by atoms with Crippen LogP contribution in [0.3, 0.4) is 0 Å². The lowest BCUT2D eigenvalue weighted by molar-refractivity contribution is -0.120. The average Bonchev–Trinajstić information content (AvgIpc) is 3.43. The SMILES string of the molecule is CCOc1ccc(OCC(=O)N(CCn2cccn2)c2nc3ccc(F)cc3s2)cc1. The molecule has 0 fully saturated rings. The van der Waals surface area contributed by atoms with E-state index in [1.807, 2.05) is 19.2 Å². The van der Waals surface area contributed by atoms with Crippen LogP contribution in [0.15, 0.2) is 60.9 Å². The lowest BCUT2D eigenvalue weighted by Crippen LogP contribution is -2.37. The van der Waals surface area contributed by atoms with Crippen molar-refractivity contribution in [1.29, 1.82) is 0 Å². The van der Waals surface area contributed by atoms with Gasteiger partial charge >= 0.3 is 0 Å². The number of anilines is 1. The maximum Gasteiger partial charge on any atom is 0.266 e. The second-order valence-electron chi connectivity index (χ2n) is 6.62. The van der Waals surface area contributed by atoms with E-state index >= 15 is 0 Å². The summed E-state index contributed by atoms with van der Waals surface area (Å²) < 4.78 is 27.1. The van der Waals surface area contributed by atoms with Gasteiger partial charge in [0.25, 0.3) is 5.91 Å². The molecule has 0 bridgehead atoms. The molecule has 0 atom stereocenters. The Morgan fingerprint density at radius 1 is 1.16 bits per heavy atom. The molecule has 2 heterocycles. The number of carbonyl (C=O) groups excluding carboxylic acids is 1. The fourth-order valence-electron chi connectivity index (χ4n) is 2.99. The van der Waals surface area contributed by atoms with Crippen molar-refractivity contribution in [2.24, 2.45) is 0 Å². The predicted octanol–water partition coefficient (Wildman–Crippen LogP) is 4.14. The van der Waals surface area contributed by atoms with Gasteiger partial charge in [-0.1, -0.05) is 11.3 Å². The molecule has 1 amide bonds. The fraction of sp³-hybridized carbons (Fsp3) is 0.227. The Morgan fingerprint density at radius 2 is 1.94 bits per heavy atom. The second-order valence-corrected chi connectivity index (χ2v) is 7.63. The summed E-state index contributed by atoms with van der Waals surface area (Å²) in [5, 5.41) is 4.68. The third-order valence-corrected chi connectivity index (χ3v) is 5.52. The van der Waals surface area contributed by atoms with Crippen LogP contribution in [0, 0.1) is 5.82 Å². The third-order valence-electron chi connectivity index (χ3n) is 4.48. The van der Waals surface area contributed by atoms with Gasteiger partial charge in [-0.25, -0.2) is 9.37 Å². The monoisotopic (exact) mass is 440 g/mol. The first-order valence-corrected chi connectivity index (χ1v) is 10.6. The standard InChI is InChI=1S/C22H21FN4O3S/c1-2-29-17-5-7-18(8-6-17)30-15-21(28)27(13-12-26-11-3-10-24-26)22-25-19-9-4-16(23)14-20(19)31-22/h3-11,14H,2,12-13,15H2,1H3. The Bertz CT molecular complexity index is 1150. The molecule has 0 saturated heterocycles. The number of fused-ring (bicyclic) bond motifs is 1. The average molecular weight is 441 g/mol. The molecule has 0 aliphatic carbocycles. The molecule has 9 heteroatoms. The summed E-state index contributed by atoms with van der Waals surface area (Å²) in [4.78, 5) is 19.1. The summed E-state index contributed by atoms with van der Waals surface area (Å²) in [7, 11) is 0. The minimum Gasteiger partial charge on any atom is -0.494 e. The highest BCUT2D eigenvalue weighted by atomic mass is 32.1. The number of hydrogen-bond donors (Lipinski definition) is 0. The molecule has 0 saturated carbocycles. The number of rotatable bonds is 9. The number of nitrogens with zero attached hydrogens (tertiary/aromatic N) is 4. The number of amides is 1. The minimum atomic E-state index is -0.337. The van der Waals surface area contributed by atoms with Gasteiger partial charge in [0.15, 0.2) is 11.7 Å². The first-order chi connectivity index (χ1) is 15.1. The molecule has 31 heavy (non-hydrogen) atoms. The normalized spacial score (nSPS) is 10.9. The van der Waals surface area contributed by atoms with E-state index in [1.54, 1.807) is 46.1 Å². The third kappa shape index (κ3) is 5.18. The van der Waals surface area contributed by atoms with E-state index < -0.39 is 0 Å². The molecular weight excluding hydrogens is 419 g/mol. The number of hydrogen-bond acceptors (Lipinski definition) is 6. The van der Waals surface area contributed by atoms with Gasteiger partial charge in [-0.15, -0.1) is 0 Å². The highest BCUT2D eigenvalue weighted by molar-refractivity contribution is 7.22. The van der Waals surface area contributed by atoms with Crippen molar-refractivity contribution in [3.8, 4) is 11.5 Å². The molecule has 2 aromatic heterocycles. The zero-order valence-electron chi connectivity index (χ0n) is 16.9. The van der Waals surface area contributed by atoms with Crippen molar-refractivity contribution in [2.45, 2.75) is 13.5 Å². The van der Waals surface area contributed by atoms with Gasteiger partial charge in [0.05, 0.1) is 23.4 Å². The van der Waals surface area contributed by atoms with Gasteiger partial charge < -0.3 is 9.47 Å². The van der Waals surface area contributed by atoms with Gasteiger partial charge in [0, 0.05) is 18.9 Å². The maximum atomic E-state index is 13.6. The zero-order chi connectivity index (χ0) is 21.6. The second kappa shape index (κ2) is 9.57. The first kappa shape index (κ1) is 20.8. The molecule has 0 aliphatic rings. The van der Waals surface area contributed by atoms with Crippen molar-refractivity contribution in [3.63, 3.8) is 0 Å². The van der Waals surface area contributed by atoms with E-state index in [-0.39, 0.29) is 18.3 Å². The molecule has 0 unspecified atom stereocenters. The van der Waals surface area contributed by atoms with Crippen LogP contribution in [-0.2, 0) is 11.3 Å². The largest absolute Gasteiger partial charge is 0.494 e. The van der Waals surface area contributed by atoms with Gasteiger partial charge in [-0.2, -0.15) is 5.10 Å². The van der Waals surface area contributed by atoms with Crippen molar-refractivity contribution in [3.05, 3.63) is 66.7 Å². The minimum absolute atomic E-state index is 0.155. The predicted molar refractivity (Wildman–Crippen MR) is 117 cm³/mol. The molecule has 4 aromatic rings. The number of halogens is 1. The lowest BCUT2D eigenvalue weighted by Gasteiger charge is -2.20. The van der Waals surface area contributed by atoms with Gasteiger partial charge in [0.2, 0.25) is 0 Å². The number of benzene rings is 2. The number of ether oxygens (including phenoxy) is 2. The number of aromatic nitrogens is 3. The molecule has 4 rings (SSSR count). The van der Waals surface area contributed by atoms with Crippen LogP contribution in [0.1, 0.15) is 6.92 Å². The molecule has 0 N–H and O–H groups in total. The lowest BCUT2D eigenvalue weighted by atomic mass is 10.3. The molecule has 0 aliphatic heterocycles. The Kier molecular flexibility index (Phi) is 6.42. The number of thiazole rings is 1. The topological polar surface area (TPSA) is 69.5 Å². The van der Waals surface area contributed by atoms with E-state index in [1.165, 1.54) is 23.5 Å². The molecule has 160 valence electrons. The molecule has 7 nitrogen and oxygen atoms in total. The van der Waals surface area contributed by atoms with Gasteiger partial charge in [-0.3, -0.25) is 14.4 Å². The Labute approximate surface area is 182 Å². The molecule has 2 aromatic carbocycles. The van der Waals surface area contributed by atoms with Crippen molar-refractivity contribution >= 4 is 32.6 Å². The summed E-state index contributed by atoms with van der Waals surface area (Å²) in [6.07, 6.45) is 3.51. The summed E-state index contributed by atoms with van der Waals surface area (Å²) in [6.45, 7) is 3.19. The van der Waals surface area contributed by atoms with Crippen LogP contribution in [-0.4, -0.2) is 40.4 Å². The summed E-state index contributed by atoms with van der Waals surface area (Å²) in [5.74, 6) is 0.718. The van der Waals surface area contributed by atoms with E-state index in [0.29, 0.717) is 40.8 Å². The molecular formula is C22H21FN4O3S. The van der Waals surface area contributed by atoms with E-state index in [9.17, 15) is 9.18 Å². The Hall–Kier alpha value is -3.46. The molecule has 0 spiro atoms. The van der Waals surface area contributed by atoms with Gasteiger partial charge in [0.1, 0.15) is 17.3 Å². The van der Waals surface area contributed by atoms with Crippen molar-refractivity contribution < 1.29 is 18.7 Å². The maximum absolute atomic E-state index is 13.6. The Balaban J connectivity index is 1.50. The van der Waals surface area contributed by atoms with Crippen LogP contribution >= 0.6 is 11.3 Å². The smallest absolute Gasteiger partial charge is 0.266 e. The quantitative estimate of drug-likeness (QED) is 0.391. The molecule has 0 radical (unpaired) electrons. The van der Waals surface area contributed by atoms with E-state index in [2.05, 4.69) is 10.1 Å². The van der Waals surface area contributed by atoms with Crippen LogP contribution in [0.5, 0.6) is 11.5 Å². The van der Waals surface area contributed by atoms with E-state index in [4.69, 9.17) is 9.47 Å².